The maximum Gasteiger partial charge on any atom is 0.407 e. The summed E-state index contributed by atoms with van der Waals surface area (Å²) in [7, 11) is 0. The van der Waals surface area contributed by atoms with Crippen LogP contribution < -0.4 is 21.8 Å². The van der Waals surface area contributed by atoms with Crippen molar-refractivity contribution >= 4 is 23.8 Å². The molecule has 31 heavy (non-hydrogen) atoms. The molecule has 1 aromatic rings. The Bertz CT molecular complexity index is 785. The number of carbonyl (C=O) groups is 3. The van der Waals surface area contributed by atoms with Gasteiger partial charge in [-0.15, -0.1) is 0 Å². The number of aliphatic carboxylic acids is 1. The Kier molecular flexibility index (Phi) is 9.22. The molecular weight excluding hydrogens is 406 g/mol. The zero-order chi connectivity index (χ0) is 22.8. The van der Waals surface area contributed by atoms with E-state index < -0.39 is 30.1 Å². The van der Waals surface area contributed by atoms with Gasteiger partial charge < -0.3 is 26.2 Å². The number of alkyl carbamates (subject to hydrolysis) is 1. The monoisotopic (exact) mass is 435 g/mol. The molecule has 1 fully saturated rings. The Balaban J connectivity index is 1.76. The SMILES string of the molecule is CCCCOC(=O)NC(CNC(=O)CC1CC(c2ccc(C(=N)N)cc2)NO1)C(=O)O. The van der Waals surface area contributed by atoms with E-state index in [4.69, 9.17) is 20.7 Å². The fourth-order valence-electron chi connectivity index (χ4n) is 2.95. The molecule has 0 radical (unpaired) electrons. The average molecular weight is 435 g/mol. The molecular formula is C20H29N5O6. The molecule has 0 bridgehead atoms. The number of amidine groups is 1. The van der Waals surface area contributed by atoms with Gasteiger partial charge in [0.25, 0.3) is 0 Å². The molecule has 0 aromatic heterocycles. The molecule has 0 spiro atoms. The predicted molar refractivity (Wildman–Crippen MR) is 111 cm³/mol. The highest BCUT2D eigenvalue weighted by atomic mass is 16.7. The molecule has 1 saturated heterocycles. The van der Waals surface area contributed by atoms with Gasteiger partial charge in [-0.3, -0.25) is 15.0 Å². The normalized spacial score (nSPS) is 18.7. The summed E-state index contributed by atoms with van der Waals surface area (Å²) < 4.78 is 4.88. The summed E-state index contributed by atoms with van der Waals surface area (Å²) in [6, 6.07) is 5.74. The van der Waals surface area contributed by atoms with Crippen LogP contribution in [-0.4, -0.2) is 54.2 Å². The second kappa shape index (κ2) is 11.9. The first kappa shape index (κ1) is 24.1. The summed E-state index contributed by atoms with van der Waals surface area (Å²) in [5.74, 6) is -1.69. The summed E-state index contributed by atoms with van der Waals surface area (Å²) in [4.78, 5) is 40.6. The lowest BCUT2D eigenvalue weighted by atomic mass is 9.99. The third-order valence-electron chi connectivity index (χ3n) is 4.74. The van der Waals surface area contributed by atoms with Crippen LogP contribution in [0.5, 0.6) is 0 Å². The molecule has 1 aliphatic heterocycles. The summed E-state index contributed by atoms with van der Waals surface area (Å²) in [5.41, 5.74) is 9.88. The van der Waals surface area contributed by atoms with Gasteiger partial charge in [-0.05, 0) is 18.4 Å². The smallest absolute Gasteiger partial charge is 0.407 e. The van der Waals surface area contributed by atoms with Crippen LogP contribution in [0.25, 0.3) is 0 Å². The number of carboxylic acids is 1. The lowest BCUT2D eigenvalue weighted by Gasteiger charge is -2.16. The number of hydrogen-bond donors (Lipinski definition) is 6. The second-order valence-electron chi connectivity index (χ2n) is 7.21. The third-order valence-corrected chi connectivity index (χ3v) is 4.74. The van der Waals surface area contributed by atoms with Gasteiger partial charge in [0.05, 0.1) is 25.2 Å². The zero-order valence-corrected chi connectivity index (χ0v) is 17.3. The molecule has 1 aliphatic rings. The molecule has 170 valence electrons. The number of amides is 2. The van der Waals surface area contributed by atoms with E-state index >= 15 is 0 Å². The number of hydrogen-bond acceptors (Lipinski definition) is 7. The molecule has 2 rings (SSSR count). The van der Waals surface area contributed by atoms with Gasteiger partial charge >= 0.3 is 12.1 Å². The summed E-state index contributed by atoms with van der Waals surface area (Å²) in [6.07, 6.45) is 0.859. The minimum atomic E-state index is -1.30. The van der Waals surface area contributed by atoms with Crippen molar-refractivity contribution in [2.75, 3.05) is 13.2 Å². The van der Waals surface area contributed by atoms with E-state index in [1.807, 2.05) is 19.1 Å². The Labute approximate surface area is 180 Å². The van der Waals surface area contributed by atoms with Crippen molar-refractivity contribution in [3.63, 3.8) is 0 Å². The number of nitrogens with one attached hydrogen (secondary N) is 4. The van der Waals surface area contributed by atoms with Gasteiger partial charge in [-0.25, -0.2) is 9.59 Å². The molecule has 0 aliphatic carbocycles. The molecule has 1 heterocycles. The first-order valence-corrected chi connectivity index (χ1v) is 10.1. The first-order valence-electron chi connectivity index (χ1n) is 10.1. The zero-order valence-electron chi connectivity index (χ0n) is 17.3. The van der Waals surface area contributed by atoms with E-state index in [9.17, 15) is 19.5 Å². The van der Waals surface area contributed by atoms with Crippen molar-refractivity contribution in [3.05, 3.63) is 35.4 Å². The van der Waals surface area contributed by atoms with E-state index in [0.717, 1.165) is 12.0 Å². The third kappa shape index (κ3) is 7.87. The van der Waals surface area contributed by atoms with Gasteiger partial charge in [0.1, 0.15) is 11.9 Å². The minimum Gasteiger partial charge on any atom is -0.480 e. The lowest BCUT2D eigenvalue weighted by Crippen LogP contribution is -2.48. The van der Waals surface area contributed by atoms with Crippen molar-refractivity contribution in [1.29, 1.82) is 5.41 Å². The molecule has 1 aromatic carbocycles. The van der Waals surface area contributed by atoms with Crippen molar-refractivity contribution in [1.82, 2.24) is 16.1 Å². The van der Waals surface area contributed by atoms with E-state index in [1.54, 1.807) is 12.1 Å². The maximum absolute atomic E-state index is 12.2. The number of ether oxygens (including phenoxy) is 1. The van der Waals surface area contributed by atoms with Crippen molar-refractivity contribution < 1.29 is 29.1 Å². The number of unbranched alkanes of at least 4 members (excludes halogenated alkanes) is 1. The largest absolute Gasteiger partial charge is 0.480 e. The van der Waals surface area contributed by atoms with Crippen LogP contribution in [-0.2, 0) is 19.2 Å². The minimum absolute atomic E-state index is 0.0138. The number of benzene rings is 1. The van der Waals surface area contributed by atoms with Crippen LogP contribution in [0, 0.1) is 5.41 Å². The Morgan fingerprint density at radius 2 is 2.06 bits per heavy atom. The fraction of sp³-hybridized carbons (Fsp3) is 0.500. The summed E-state index contributed by atoms with van der Waals surface area (Å²) >= 11 is 0. The highest BCUT2D eigenvalue weighted by molar-refractivity contribution is 5.94. The second-order valence-corrected chi connectivity index (χ2v) is 7.21. The van der Waals surface area contributed by atoms with Crippen LogP contribution in [0.3, 0.4) is 0 Å². The average Bonchev–Trinajstić information content (AvgIpc) is 3.19. The van der Waals surface area contributed by atoms with Crippen LogP contribution in [0.15, 0.2) is 24.3 Å². The van der Waals surface area contributed by atoms with Gasteiger partial charge in [-0.2, -0.15) is 5.48 Å². The summed E-state index contributed by atoms with van der Waals surface area (Å²) in [6.45, 7) is 1.87. The standard InChI is InChI=1S/C20H29N5O6/c1-2-3-8-30-20(29)24-16(19(27)28)11-23-17(26)10-14-9-15(25-31-14)12-4-6-13(7-5-12)18(21)22/h4-7,14-16,25H,2-3,8-11H2,1H3,(H3,21,22)(H,23,26)(H,24,29)(H,27,28). The molecule has 7 N–H and O–H groups in total. The van der Waals surface area contributed by atoms with E-state index in [2.05, 4.69) is 16.1 Å². The molecule has 11 heteroatoms. The van der Waals surface area contributed by atoms with Gasteiger partial charge in [0.2, 0.25) is 5.91 Å². The number of nitrogen functional groups attached to an aromatic ring is 1. The van der Waals surface area contributed by atoms with Gasteiger partial charge in [-0.1, -0.05) is 37.6 Å². The number of carbonyl (C=O) groups excluding carboxylic acids is 2. The Morgan fingerprint density at radius 3 is 2.68 bits per heavy atom. The van der Waals surface area contributed by atoms with Crippen molar-refractivity contribution in [3.8, 4) is 0 Å². The van der Waals surface area contributed by atoms with Gasteiger partial charge in [0, 0.05) is 12.1 Å². The highest BCUT2D eigenvalue weighted by Gasteiger charge is 2.29. The Morgan fingerprint density at radius 1 is 1.35 bits per heavy atom. The summed E-state index contributed by atoms with van der Waals surface area (Å²) in [5, 5.41) is 21.4. The highest BCUT2D eigenvalue weighted by Crippen LogP contribution is 2.27. The topological polar surface area (TPSA) is 176 Å². The maximum atomic E-state index is 12.2. The predicted octanol–water partition coefficient (Wildman–Crippen LogP) is 0.791. The van der Waals surface area contributed by atoms with Crippen LogP contribution in [0.1, 0.15) is 49.8 Å². The van der Waals surface area contributed by atoms with Crippen molar-refractivity contribution in [2.24, 2.45) is 5.73 Å². The fourth-order valence-corrected chi connectivity index (χ4v) is 2.95. The number of hydroxylamine groups is 1. The number of rotatable bonds is 11. The van der Waals surface area contributed by atoms with Crippen LogP contribution >= 0.6 is 0 Å². The van der Waals surface area contributed by atoms with Gasteiger partial charge in [0.15, 0.2) is 0 Å². The molecule has 3 unspecified atom stereocenters. The lowest BCUT2D eigenvalue weighted by molar-refractivity contribution is -0.139. The molecule has 3 atom stereocenters. The first-order chi connectivity index (χ1) is 14.8. The number of nitrogens with two attached hydrogens (primary N) is 1. The quantitative estimate of drug-likeness (QED) is 0.168. The van der Waals surface area contributed by atoms with Crippen LogP contribution in [0.4, 0.5) is 4.79 Å². The van der Waals surface area contributed by atoms with Crippen molar-refractivity contribution in [2.45, 2.75) is 50.8 Å². The molecule has 2 amide bonds. The number of carboxylic acid groups (broad SMARTS) is 1. The molecule has 0 saturated carbocycles. The van der Waals surface area contributed by atoms with E-state index in [1.165, 1.54) is 0 Å². The molecule has 11 nitrogen and oxygen atoms in total. The van der Waals surface area contributed by atoms with E-state index in [-0.39, 0.29) is 31.4 Å². The Hall–Kier alpha value is -3.18. The van der Waals surface area contributed by atoms with Crippen LogP contribution in [0.2, 0.25) is 0 Å². The van der Waals surface area contributed by atoms with E-state index in [0.29, 0.717) is 18.4 Å².